The van der Waals surface area contributed by atoms with E-state index in [1.54, 1.807) is 18.2 Å². The molecule has 0 saturated carbocycles. The summed E-state index contributed by atoms with van der Waals surface area (Å²) in [6.07, 6.45) is 1.60. The molecule has 2 aromatic rings. The number of hydrogen-bond donors (Lipinski definition) is 0. The summed E-state index contributed by atoms with van der Waals surface area (Å²) in [5.41, 5.74) is 1.58. The van der Waals surface area contributed by atoms with Crippen LogP contribution in [0.25, 0.3) is 6.08 Å². The molecular weight excluding hydrogens is 400 g/mol. The Balaban J connectivity index is 1.94. The van der Waals surface area contributed by atoms with Crippen molar-refractivity contribution in [3.05, 3.63) is 63.8 Å². The molecule has 0 bridgehead atoms. The van der Waals surface area contributed by atoms with Crippen molar-refractivity contribution in [2.75, 3.05) is 13.7 Å². The first-order valence-electron chi connectivity index (χ1n) is 7.57. The third-order valence-corrected chi connectivity index (χ3v) is 4.07. The number of carbonyl (C=O) groups is 1. The van der Waals surface area contributed by atoms with Crippen molar-refractivity contribution in [1.29, 1.82) is 5.26 Å². The van der Waals surface area contributed by atoms with Crippen LogP contribution in [0.2, 0.25) is 0 Å². The second kappa shape index (κ2) is 7.85. The zero-order valence-electron chi connectivity index (χ0n) is 13.7. The van der Waals surface area contributed by atoms with E-state index in [4.69, 9.17) is 19.5 Å². The minimum Gasteiger partial charge on any atom is -0.493 e. The number of cyclic esters (lactones) is 1. The molecule has 0 radical (unpaired) electrons. The molecule has 26 heavy (non-hydrogen) atoms. The number of methoxy groups -OCH3 is 1. The van der Waals surface area contributed by atoms with E-state index in [0.717, 1.165) is 5.56 Å². The second-order valence-corrected chi connectivity index (χ2v) is 6.04. The number of aliphatic imine (C=N–C) groups is 1. The van der Waals surface area contributed by atoms with Gasteiger partial charge in [0, 0.05) is 5.56 Å². The fraction of sp³-hybridized carbons (Fsp3) is 0.105. The smallest absolute Gasteiger partial charge is 0.363 e. The summed E-state index contributed by atoms with van der Waals surface area (Å²) in [6.45, 7) is -0.105. The largest absolute Gasteiger partial charge is 0.493 e. The van der Waals surface area contributed by atoms with Gasteiger partial charge in [0.15, 0.2) is 23.8 Å². The number of hydrogen-bond acceptors (Lipinski definition) is 6. The lowest BCUT2D eigenvalue weighted by molar-refractivity contribution is -0.129. The molecule has 1 aliphatic heterocycles. The second-order valence-electron chi connectivity index (χ2n) is 5.18. The van der Waals surface area contributed by atoms with Crippen LogP contribution in [0.3, 0.4) is 0 Å². The average molecular weight is 413 g/mol. The Labute approximate surface area is 158 Å². The van der Waals surface area contributed by atoms with Crippen molar-refractivity contribution in [2.45, 2.75) is 0 Å². The highest BCUT2D eigenvalue weighted by atomic mass is 79.9. The maximum Gasteiger partial charge on any atom is 0.363 e. The van der Waals surface area contributed by atoms with Crippen LogP contribution in [0.5, 0.6) is 11.5 Å². The van der Waals surface area contributed by atoms with Gasteiger partial charge in [-0.05, 0) is 51.8 Å². The molecule has 1 heterocycles. The first kappa shape index (κ1) is 17.7. The topological polar surface area (TPSA) is 80.9 Å². The predicted octanol–water partition coefficient (Wildman–Crippen LogP) is 3.70. The molecule has 1 aliphatic rings. The summed E-state index contributed by atoms with van der Waals surface area (Å²) in [7, 11) is 1.49. The van der Waals surface area contributed by atoms with Crippen LogP contribution in [-0.4, -0.2) is 25.6 Å². The molecule has 0 aliphatic carbocycles. The third kappa shape index (κ3) is 3.76. The van der Waals surface area contributed by atoms with E-state index >= 15 is 0 Å². The molecule has 6 nitrogen and oxygen atoms in total. The minimum atomic E-state index is -0.524. The van der Waals surface area contributed by atoms with Crippen molar-refractivity contribution < 1.29 is 19.0 Å². The highest BCUT2D eigenvalue weighted by Gasteiger charge is 2.24. The Bertz CT molecular complexity index is 946. The quantitative estimate of drug-likeness (QED) is 0.552. The molecular formula is C19H13BrN2O4. The first-order valence-corrected chi connectivity index (χ1v) is 8.37. The van der Waals surface area contributed by atoms with Gasteiger partial charge in [-0.25, -0.2) is 9.79 Å². The fourth-order valence-electron chi connectivity index (χ4n) is 2.34. The number of carbonyl (C=O) groups excluding carboxylic acids is 1. The molecule has 0 N–H and O–H groups in total. The predicted molar refractivity (Wildman–Crippen MR) is 98.9 cm³/mol. The highest BCUT2D eigenvalue weighted by molar-refractivity contribution is 9.10. The van der Waals surface area contributed by atoms with Gasteiger partial charge >= 0.3 is 5.97 Å². The number of nitrogens with zero attached hydrogens (tertiary/aromatic N) is 2. The standard InChI is InChI=1S/C19H13BrN2O4/c1-24-16-11-12(9-14(20)17(16)25-8-7-21)10-15-19(23)26-18(22-15)13-5-3-2-4-6-13/h2-6,9-11H,8H2,1H3/b15-10-. The van der Waals surface area contributed by atoms with Gasteiger partial charge in [-0.3, -0.25) is 0 Å². The maximum atomic E-state index is 12.1. The van der Waals surface area contributed by atoms with Crippen molar-refractivity contribution in [2.24, 2.45) is 4.99 Å². The maximum absolute atomic E-state index is 12.1. The normalized spacial score (nSPS) is 14.6. The Kier molecular flexibility index (Phi) is 5.34. The molecule has 0 atom stereocenters. The fourth-order valence-corrected chi connectivity index (χ4v) is 2.91. The van der Waals surface area contributed by atoms with E-state index in [0.29, 0.717) is 21.5 Å². The highest BCUT2D eigenvalue weighted by Crippen LogP contribution is 2.37. The molecule has 0 amide bonds. The zero-order chi connectivity index (χ0) is 18.5. The van der Waals surface area contributed by atoms with E-state index in [1.165, 1.54) is 7.11 Å². The van der Waals surface area contributed by atoms with Crippen LogP contribution in [0.4, 0.5) is 0 Å². The van der Waals surface area contributed by atoms with Crippen molar-refractivity contribution >= 4 is 33.9 Å². The van der Waals surface area contributed by atoms with Crippen LogP contribution in [0, 0.1) is 11.3 Å². The van der Waals surface area contributed by atoms with Gasteiger partial charge in [-0.15, -0.1) is 0 Å². The molecule has 0 fully saturated rings. The third-order valence-electron chi connectivity index (χ3n) is 3.48. The van der Waals surface area contributed by atoms with Crippen molar-refractivity contribution in [3.8, 4) is 17.6 Å². The van der Waals surface area contributed by atoms with Crippen molar-refractivity contribution in [3.63, 3.8) is 0 Å². The number of halogens is 1. The van der Waals surface area contributed by atoms with Gasteiger partial charge in [0.05, 0.1) is 11.6 Å². The molecule has 0 unspecified atom stereocenters. The number of benzene rings is 2. The molecule has 0 aromatic heterocycles. The molecule has 7 heteroatoms. The average Bonchev–Trinajstić information content (AvgIpc) is 3.02. The van der Waals surface area contributed by atoms with E-state index in [1.807, 2.05) is 36.4 Å². The number of ether oxygens (including phenoxy) is 3. The van der Waals surface area contributed by atoms with Crippen LogP contribution in [0.1, 0.15) is 11.1 Å². The Hall–Kier alpha value is -3.11. The molecule has 0 spiro atoms. The van der Waals surface area contributed by atoms with Gasteiger partial charge in [0.1, 0.15) is 6.07 Å². The summed E-state index contributed by atoms with van der Waals surface area (Å²) in [6, 6.07) is 14.5. The van der Waals surface area contributed by atoms with Gasteiger partial charge in [0.25, 0.3) is 0 Å². The number of esters is 1. The van der Waals surface area contributed by atoms with Gasteiger partial charge in [-0.1, -0.05) is 18.2 Å². The van der Waals surface area contributed by atoms with Crippen LogP contribution >= 0.6 is 15.9 Å². The molecule has 130 valence electrons. The van der Waals surface area contributed by atoms with Crippen LogP contribution in [0.15, 0.2) is 57.6 Å². The van der Waals surface area contributed by atoms with Crippen LogP contribution in [-0.2, 0) is 9.53 Å². The van der Waals surface area contributed by atoms with Crippen molar-refractivity contribution in [1.82, 2.24) is 0 Å². The molecule has 0 saturated heterocycles. The van der Waals surface area contributed by atoms with E-state index in [-0.39, 0.29) is 18.2 Å². The Morgan fingerprint density at radius 2 is 2.08 bits per heavy atom. The lowest BCUT2D eigenvalue weighted by Crippen LogP contribution is -2.05. The van der Waals surface area contributed by atoms with Gasteiger partial charge in [0.2, 0.25) is 5.90 Å². The Morgan fingerprint density at radius 1 is 1.31 bits per heavy atom. The van der Waals surface area contributed by atoms with Gasteiger partial charge in [-0.2, -0.15) is 5.26 Å². The summed E-state index contributed by atoms with van der Waals surface area (Å²) in [5.74, 6) is 0.587. The Morgan fingerprint density at radius 3 is 2.77 bits per heavy atom. The summed E-state index contributed by atoms with van der Waals surface area (Å²) in [5, 5.41) is 8.67. The number of rotatable bonds is 5. The zero-order valence-corrected chi connectivity index (χ0v) is 15.3. The molecule has 3 rings (SSSR count). The minimum absolute atomic E-state index is 0.105. The van der Waals surface area contributed by atoms with E-state index in [9.17, 15) is 4.79 Å². The number of nitriles is 1. The lowest BCUT2D eigenvalue weighted by atomic mass is 10.1. The van der Waals surface area contributed by atoms with Gasteiger partial charge < -0.3 is 14.2 Å². The summed E-state index contributed by atoms with van der Waals surface area (Å²) in [4.78, 5) is 16.4. The molecule has 2 aromatic carbocycles. The van der Waals surface area contributed by atoms with E-state index < -0.39 is 5.97 Å². The SMILES string of the molecule is COc1cc(/C=C2\N=C(c3ccccc3)OC2=O)cc(Br)c1OCC#N. The monoisotopic (exact) mass is 412 g/mol. The van der Waals surface area contributed by atoms with Crippen LogP contribution < -0.4 is 9.47 Å². The van der Waals surface area contributed by atoms with E-state index in [2.05, 4.69) is 20.9 Å². The first-order chi connectivity index (χ1) is 12.6. The summed E-state index contributed by atoms with van der Waals surface area (Å²) < 4.78 is 16.5. The lowest BCUT2D eigenvalue weighted by Gasteiger charge is -2.11. The summed E-state index contributed by atoms with van der Waals surface area (Å²) >= 11 is 3.39.